The summed E-state index contributed by atoms with van der Waals surface area (Å²) in [5, 5.41) is 9.28. The predicted octanol–water partition coefficient (Wildman–Crippen LogP) is -0.377. The van der Waals surface area contributed by atoms with E-state index in [1.165, 1.54) is 4.90 Å². The zero-order chi connectivity index (χ0) is 16.6. The van der Waals surface area contributed by atoms with Crippen LogP contribution in [0.25, 0.3) is 10.9 Å². The van der Waals surface area contributed by atoms with Gasteiger partial charge in [0.05, 0.1) is 16.8 Å². The fourth-order valence-corrected chi connectivity index (χ4v) is 2.77. The van der Waals surface area contributed by atoms with Gasteiger partial charge in [-0.1, -0.05) is 12.1 Å². The van der Waals surface area contributed by atoms with Crippen molar-refractivity contribution in [1.29, 1.82) is 0 Å². The van der Waals surface area contributed by atoms with Gasteiger partial charge in [0.15, 0.2) is 0 Å². The molecule has 1 aliphatic rings. The molecule has 1 aliphatic heterocycles. The van der Waals surface area contributed by atoms with E-state index in [9.17, 15) is 19.2 Å². The third-order valence-electron chi connectivity index (χ3n) is 4.07. The smallest absolute Gasteiger partial charge is 0.329 e. The number of rotatable bonds is 3. The summed E-state index contributed by atoms with van der Waals surface area (Å²) in [4.78, 5) is 51.5. The Hall–Kier alpha value is -2.90. The number of carboxylic acid groups (broad SMARTS) is 1. The molecule has 23 heavy (non-hydrogen) atoms. The first kappa shape index (κ1) is 15.0. The Morgan fingerprint density at radius 3 is 2.70 bits per heavy atom. The van der Waals surface area contributed by atoms with Crippen LogP contribution in [0.15, 0.2) is 33.9 Å². The van der Waals surface area contributed by atoms with E-state index in [0.29, 0.717) is 23.9 Å². The van der Waals surface area contributed by atoms with Gasteiger partial charge in [0.1, 0.15) is 6.54 Å². The fourth-order valence-electron chi connectivity index (χ4n) is 2.77. The topological polar surface area (TPSA) is 112 Å². The summed E-state index contributed by atoms with van der Waals surface area (Å²) >= 11 is 0. The quantitative estimate of drug-likeness (QED) is 0.801. The Kier molecular flexibility index (Phi) is 3.73. The number of carbonyl (C=O) groups is 2. The fraction of sp³-hybridized carbons (Fsp3) is 0.333. The first-order valence-electron chi connectivity index (χ1n) is 7.20. The summed E-state index contributed by atoms with van der Waals surface area (Å²) in [6, 6.07) is 6.56. The molecule has 1 aromatic carbocycles. The van der Waals surface area contributed by atoms with Crippen LogP contribution < -0.4 is 11.2 Å². The van der Waals surface area contributed by atoms with Crippen LogP contribution in [0.2, 0.25) is 0 Å². The zero-order valence-electron chi connectivity index (χ0n) is 12.2. The van der Waals surface area contributed by atoms with E-state index in [2.05, 4.69) is 4.98 Å². The summed E-state index contributed by atoms with van der Waals surface area (Å²) < 4.78 is 0.846. The van der Waals surface area contributed by atoms with Crippen LogP contribution in [0.3, 0.4) is 0 Å². The number of hydrogen-bond acceptors (Lipinski definition) is 4. The van der Waals surface area contributed by atoms with Crippen LogP contribution >= 0.6 is 0 Å². The summed E-state index contributed by atoms with van der Waals surface area (Å²) in [6.07, 6.45) is 0.379. The molecule has 8 nitrogen and oxygen atoms in total. The van der Waals surface area contributed by atoms with Crippen molar-refractivity contribution >= 4 is 22.8 Å². The van der Waals surface area contributed by atoms with E-state index in [-0.39, 0.29) is 6.54 Å². The molecule has 1 aromatic heterocycles. The maximum atomic E-state index is 12.4. The molecule has 1 fully saturated rings. The number of aromatic nitrogens is 2. The summed E-state index contributed by atoms with van der Waals surface area (Å²) in [6.45, 7) is 0.0236. The number of likely N-dealkylation sites (tertiary alicyclic amines) is 1. The third kappa shape index (κ3) is 2.75. The summed E-state index contributed by atoms with van der Waals surface area (Å²) in [7, 11) is 0. The zero-order valence-corrected chi connectivity index (χ0v) is 12.2. The van der Waals surface area contributed by atoms with Crippen molar-refractivity contribution in [2.45, 2.75) is 13.0 Å². The number of nitrogens with zero attached hydrogens (tertiary/aromatic N) is 2. The second kappa shape index (κ2) is 5.71. The van der Waals surface area contributed by atoms with Crippen molar-refractivity contribution in [3.63, 3.8) is 0 Å². The molecule has 1 saturated heterocycles. The van der Waals surface area contributed by atoms with Gasteiger partial charge in [0, 0.05) is 13.1 Å². The number of amides is 1. The van der Waals surface area contributed by atoms with E-state index < -0.39 is 35.6 Å². The van der Waals surface area contributed by atoms with Gasteiger partial charge in [-0.05, 0) is 18.6 Å². The molecule has 1 amide bonds. The third-order valence-corrected chi connectivity index (χ3v) is 4.07. The number of nitrogens with one attached hydrogen (secondary N) is 1. The SMILES string of the molecule is O=C(O)C1CCN(C(=O)Cn2c(=O)[nH]c3ccccc3c2=O)C1. The number of hydrogen-bond donors (Lipinski definition) is 2. The first-order chi connectivity index (χ1) is 11.0. The lowest BCUT2D eigenvalue weighted by Gasteiger charge is -2.16. The van der Waals surface area contributed by atoms with Crippen LogP contribution in [-0.2, 0) is 16.1 Å². The van der Waals surface area contributed by atoms with Gasteiger partial charge in [0.25, 0.3) is 5.56 Å². The molecule has 3 rings (SSSR count). The van der Waals surface area contributed by atoms with Gasteiger partial charge in [0.2, 0.25) is 5.91 Å². The lowest BCUT2D eigenvalue weighted by molar-refractivity contribution is -0.141. The maximum Gasteiger partial charge on any atom is 0.329 e. The van der Waals surface area contributed by atoms with Gasteiger partial charge in [-0.25, -0.2) is 4.79 Å². The Morgan fingerprint density at radius 1 is 1.26 bits per heavy atom. The Balaban J connectivity index is 1.87. The van der Waals surface area contributed by atoms with Crippen LogP contribution in [-0.4, -0.2) is 44.5 Å². The lowest BCUT2D eigenvalue weighted by atomic mass is 10.1. The lowest BCUT2D eigenvalue weighted by Crippen LogP contribution is -2.41. The monoisotopic (exact) mass is 317 g/mol. The molecule has 1 atom stereocenters. The van der Waals surface area contributed by atoms with Crippen LogP contribution in [0.4, 0.5) is 0 Å². The molecular formula is C15H15N3O5. The highest BCUT2D eigenvalue weighted by Gasteiger charge is 2.31. The molecule has 2 aromatic rings. The van der Waals surface area contributed by atoms with Crippen molar-refractivity contribution < 1.29 is 14.7 Å². The van der Waals surface area contributed by atoms with Gasteiger partial charge in [-0.3, -0.25) is 19.0 Å². The van der Waals surface area contributed by atoms with Crippen LogP contribution in [0.1, 0.15) is 6.42 Å². The van der Waals surface area contributed by atoms with Crippen LogP contribution in [0.5, 0.6) is 0 Å². The normalized spacial score (nSPS) is 17.6. The van der Waals surface area contributed by atoms with Gasteiger partial charge in [-0.2, -0.15) is 0 Å². The van der Waals surface area contributed by atoms with Crippen LogP contribution in [0, 0.1) is 5.92 Å². The number of benzene rings is 1. The van der Waals surface area contributed by atoms with E-state index in [4.69, 9.17) is 5.11 Å². The molecule has 0 saturated carbocycles. The minimum Gasteiger partial charge on any atom is -0.481 e. The molecule has 2 heterocycles. The van der Waals surface area contributed by atoms with Gasteiger partial charge in [-0.15, -0.1) is 0 Å². The van der Waals surface area contributed by atoms with E-state index in [1.54, 1.807) is 24.3 Å². The molecule has 0 spiro atoms. The second-order valence-electron chi connectivity index (χ2n) is 5.53. The molecule has 8 heteroatoms. The number of para-hydroxylation sites is 1. The minimum atomic E-state index is -0.944. The Labute approximate surface area is 130 Å². The van der Waals surface area contributed by atoms with E-state index in [0.717, 1.165) is 4.57 Å². The average molecular weight is 317 g/mol. The molecule has 0 bridgehead atoms. The molecule has 0 radical (unpaired) electrons. The number of carbonyl (C=O) groups excluding carboxylic acids is 1. The molecule has 1 unspecified atom stereocenters. The van der Waals surface area contributed by atoms with E-state index in [1.807, 2.05) is 0 Å². The van der Waals surface area contributed by atoms with Crippen molar-refractivity contribution in [2.24, 2.45) is 5.92 Å². The molecular weight excluding hydrogens is 302 g/mol. The van der Waals surface area contributed by atoms with Crippen molar-refractivity contribution in [2.75, 3.05) is 13.1 Å². The highest BCUT2D eigenvalue weighted by atomic mass is 16.4. The number of H-pyrrole nitrogens is 1. The largest absolute Gasteiger partial charge is 0.481 e. The standard InChI is InChI=1S/C15H15N3O5/c19-12(17-6-5-9(7-17)14(21)22)8-18-13(20)10-3-1-2-4-11(10)16-15(18)23/h1-4,9H,5-8H2,(H,16,23)(H,21,22). The Bertz CT molecular complexity index is 898. The van der Waals surface area contributed by atoms with E-state index >= 15 is 0 Å². The second-order valence-corrected chi connectivity index (χ2v) is 5.53. The van der Waals surface area contributed by atoms with Gasteiger partial charge >= 0.3 is 11.7 Å². The summed E-state index contributed by atoms with van der Waals surface area (Å²) in [5.74, 6) is -1.97. The average Bonchev–Trinajstić information content (AvgIpc) is 3.01. The van der Waals surface area contributed by atoms with Crippen molar-refractivity contribution in [1.82, 2.24) is 14.5 Å². The number of carboxylic acids is 1. The predicted molar refractivity (Wildman–Crippen MR) is 81.2 cm³/mol. The molecule has 2 N–H and O–H groups in total. The van der Waals surface area contributed by atoms with Gasteiger partial charge < -0.3 is 15.0 Å². The number of aliphatic carboxylic acids is 1. The number of aromatic amines is 1. The highest BCUT2D eigenvalue weighted by Crippen LogP contribution is 2.16. The molecule has 120 valence electrons. The number of fused-ring (bicyclic) bond motifs is 1. The van der Waals surface area contributed by atoms with Crippen molar-refractivity contribution in [3.05, 3.63) is 45.1 Å². The maximum absolute atomic E-state index is 12.4. The minimum absolute atomic E-state index is 0.106. The first-order valence-corrected chi connectivity index (χ1v) is 7.20. The summed E-state index contributed by atoms with van der Waals surface area (Å²) in [5.41, 5.74) is -0.777. The Morgan fingerprint density at radius 2 is 2.00 bits per heavy atom. The molecule has 0 aliphatic carbocycles. The van der Waals surface area contributed by atoms with Crippen molar-refractivity contribution in [3.8, 4) is 0 Å². The highest BCUT2D eigenvalue weighted by molar-refractivity contribution is 5.80.